The number of nitrogens with two attached hydrogens (primary N) is 1. The molecule has 9 N–H and O–H groups in total. The molecular formula is C20H30N3O15PS. The molecule has 20 heteroatoms. The molecule has 18 nitrogen and oxygen atoms in total. The van der Waals surface area contributed by atoms with E-state index in [-0.39, 0.29) is 5.82 Å². The van der Waals surface area contributed by atoms with Gasteiger partial charge in [-0.3, -0.25) is 13.9 Å². The molecule has 1 aromatic heterocycles. The van der Waals surface area contributed by atoms with E-state index in [0.717, 1.165) is 4.57 Å². The van der Waals surface area contributed by atoms with Gasteiger partial charge in [0.2, 0.25) is 0 Å². The van der Waals surface area contributed by atoms with Crippen LogP contribution in [0.25, 0.3) is 0 Å². The Bertz CT molecular complexity index is 1200. The molecule has 2 fully saturated rings. The first-order valence-electron chi connectivity index (χ1n) is 11.7. The minimum atomic E-state index is -5.59. The first-order valence-corrected chi connectivity index (χ1v) is 13.6. The number of ether oxygens (including phenoxy) is 2. The van der Waals surface area contributed by atoms with Crippen LogP contribution < -0.4 is 11.4 Å². The summed E-state index contributed by atoms with van der Waals surface area (Å²) in [5.41, 5.74) is 4.58. The summed E-state index contributed by atoms with van der Waals surface area (Å²) >= 11 is 3.59. The summed E-state index contributed by atoms with van der Waals surface area (Å²) in [4.78, 5) is 50.0. The molecule has 2 aliphatic heterocycles. The van der Waals surface area contributed by atoms with Crippen LogP contribution >= 0.6 is 20.5 Å². The Morgan fingerprint density at radius 3 is 2.58 bits per heavy atom. The van der Waals surface area contributed by atoms with E-state index in [1.165, 1.54) is 19.2 Å². The van der Waals surface area contributed by atoms with Gasteiger partial charge in [0.15, 0.2) is 11.4 Å². The third-order valence-corrected chi connectivity index (χ3v) is 7.72. The van der Waals surface area contributed by atoms with Crippen molar-refractivity contribution in [3.63, 3.8) is 0 Å². The number of aliphatic hydroxyl groups excluding tert-OH is 5. The van der Waals surface area contributed by atoms with Crippen molar-refractivity contribution >= 4 is 37.4 Å². The number of carbonyl (C=O) groups is 2. The number of hydrogen-bond donors (Lipinski definition) is 9. The Kier molecular flexibility index (Phi) is 10.1. The van der Waals surface area contributed by atoms with Crippen LogP contribution in [-0.4, -0.2) is 105 Å². The molecule has 0 spiro atoms. The third-order valence-electron chi connectivity index (χ3n) is 6.54. The van der Waals surface area contributed by atoms with Crippen LogP contribution in [0.5, 0.6) is 0 Å². The molecule has 40 heavy (non-hydrogen) atoms. The Hall–Kier alpha value is -2.00. The number of anilines is 1. The van der Waals surface area contributed by atoms with Crippen molar-refractivity contribution in [2.45, 2.75) is 68.6 Å². The van der Waals surface area contributed by atoms with Gasteiger partial charge in [-0.2, -0.15) is 4.98 Å². The Labute approximate surface area is 230 Å². The summed E-state index contributed by atoms with van der Waals surface area (Å²) < 4.78 is 34.3. The van der Waals surface area contributed by atoms with E-state index < -0.39 is 105 Å². The number of phosphoric acid groups is 1. The van der Waals surface area contributed by atoms with Crippen LogP contribution in [0.1, 0.15) is 26.0 Å². The van der Waals surface area contributed by atoms with Gasteiger partial charge in [0, 0.05) is 30.9 Å². The van der Waals surface area contributed by atoms with Gasteiger partial charge >= 0.3 is 19.5 Å². The van der Waals surface area contributed by atoms with Crippen molar-refractivity contribution in [2.24, 2.45) is 11.8 Å². The van der Waals surface area contributed by atoms with Gasteiger partial charge < -0.3 is 50.7 Å². The summed E-state index contributed by atoms with van der Waals surface area (Å²) in [7, 11) is -5.59. The second kappa shape index (κ2) is 12.5. The zero-order valence-electron chi connectivity index (χ0n) is 20.7. The van der Waals surface area contributed by atoms with Crippen LogP contribution in [0.15, 0.2) is 17.1 Å². The van der Waals surface area contributed by atoms with Crippen molar-refractivity contribution in [1.82, 2.24) is 9.55 Å². The zero-order chi connectivity index (χ0) is 30.2. The van der Waals surface area contributed by atoms with E-state index >= 15 is 0 Å². The van der Waals surface area contributed by atoms with Gasteiger partial charge in [-0.05, 0) is 6.07 Å². The normalized spacial score (nSPS) is 35.5. The molecule has 0 radical (unpaired) electrons. The smallest absolute Gasteiger partial charge is 0.477 e. The summed E-state index contributed by atoms with van der Waals surface area (Å²) in [6, 6.07) is 1.26. The molecule has 2 saturated heterocycles. The lowest BCUT2D eigenvalue weighted by atomic mass is 9.81. The third kappa shape index (κ3) is 6.89. The number of carboxylic acids is 1. The Morgan fingerprint density at radius 1 is 1.38 bits per heavy atom. The van der Waals surface area contributed by atoms with Crippen molar-refractivity contribution in [1.29, 1.82) is 0 Å². The fraction of sp³-hybridized carbons (Fsp3) is 0.700. The van der Waals surface area contributed by atoms with Gasteiger partial charge in [0.1, 0.15) is 30.4 Å². The average Bonchev–Trinajstić information content (AvgIpc) is 3.11. The number of hydrogen-bond acceptors (Lipinski definition) is 15. The molecule has 1 aromatic rings. The minimum Gasteiger partial charge on any atom is -0.477 e. The van der Waals surface area contributed by atoms with Gasteiger partial charge in [-0.1, -0.05) is 6.92 Å². The Balaban J connectivity index is 1.86. The number of aliphatic carboxylic acids is 1. The van der Waals surface area contributed by atoms with E-state index in [0.29, 0.717) is 0 Å². The first kappa shape index (κ1) is 32.5. The molecule has 0 amide bonds. The van der Waals surface area contributed by atoms with Crippen molar-refractivity contribution in [3.8, 4) is 0 Å². The lowest BCUT2D eigenvalue weighted by Gasteiger charge is -2.46. The van der Waals surface area contributed by atoms with Crippen molar-refractivity contribution in [2.75, 3.05) is 12.3 Å². The number of carboxylic acid groups (broad SMARTS) is 1. The molecule has 226 valence electrons. The monoisotopic (exact) mass is 615 g/mol. The number of aliphatic hydroxyl groups is 5. The number of nitrogens with zero attached hydrogens (tertiary/aromatic N) is 2. The van der Waals surface area contributed by atoms with Gasteiger partial charge in [0.05, 0.1) is 18.8 Å². The molecule has 2 aliphatic rings. The van der Waals surface area contributed by atoms with Crippen LogP contribution in [0, 0.1) is 11.8 Å². The predicted molar refractivity (Wildman–Crippen MR) is 131 cm³/mol. The molecule has 0 saturated carbocycles. The van der Waals surface area contributed by atoms with Crippen LogP contribution in [0.2, 0.25) is 0 Å². The highest BCUT2D eigenvalue weighted by Crippen LogP contribution is 2.54. The number of phosphoric ester groups is 1. The highest BCUT2D eigenvalue weighted by molar-refractivity contribution is 7.96. The van der Waals surface area contributed by atoms with Gasteiger partial charge in [-0.15, -0.1) is 12.6 Å². The maximum Gasteiger partial charge on any atom is 0.477 e. The van der Waals surface area contributed by atoms with E-state index in [4.69, 9.17) is 24.3 Å². The predicted octanol–water partition coefficient (Wildman–Crippen LogP) is -3.08. The highest BCUT2D eigenvalue weighted by Gasteiger charge is 2.59. The maximum absolute atomic E-state index is 13.0. The minimum absolute atomic E-state index is 0.0990. The summed E-state index contributed by atoms with van der Waals surface area (Å²) in [6.07, 6.45) is -13.1. The van der Waals surface area contributed by atoms with Crippen molar-refractivity contribution < 1.29 is 68.2 Å². The molecule has 11 unspecified atom stereocenters. The van der Waals surface area contributed by atoms with E-state index in [2.05, 4.69) is 17.6 Å². The van der Waals surface area contributed by atoms with Crippen LogP contribution in [0.3, 0.4) is 0 Å². The second-order valence-electron chi connectivity index (χ2n) is 9.37. The summed E-state index contributed by atoms with van der Waals surface area (Å²) in [5, 5.41) is 59.8. The number of rotatable bonds is 11. The lowest BCUT2D eigenvalue weighted by Crippen LogP contribution is -2.61. The number of thiol groups is 1. The fourth-order valence-electron chi connectivity index (χ4n) is 4.46. The fourth-order valence-corrected chi connectivity index (χ4v) is 5.72. The summed E-state index contributed by atoms with van der Waals surface area (Å²) in [6.45, 7) is 0.370. The Morgan fingerprint density at radius 2 is 2.02 bits per heavy atom. The molecule has 0 aromatic carbocycles. The van der Waals surface area contributed by atoms with E-state index in [1.54, 1.807) is 0 Å². The number of nitrogen functional groups attached to an aromatic ring is 1. The zero-order valence-corrected chi connectivity index (χ0v) is 22.5. The van der Waals surface area contributed by atoms with Crippen molar-refractivity contribution in [3.05, 3.63) is 22.7 Å². The molecule has 0 bridgehead atoms. The molecular weight excluding hydrogens is 585 g/mol. The SMILES string of the molecule is CC1C(O)C(OP(=O)(O)OC2(C(=O)O)CC(O)C(CC(=O)S)C(C(O)C(O)CO)O2)OC1n1ccc(N)nc1=O. The van der Waals surface area contributed by atoms with E-state index in [1.807, 2.05) is 0 Å². The van der Waals surface area contributed by atoms with Crippen LogP contribution in [0.4, 0.5) is 5.82 Å². The second-order valence-corrected chi connectivity index (χ2v) is 11.2. The molecule has 11 atom stereocenters. The first-order chi connectivity index (χ1) is 18.5. The molecule has 3 heterocycles. The summed E-state index contributed by atoms with van der Waals surface area (Å²) in [5.74, 6) is -7.70. The van der Waals surface area contributed by atoms with Gasteiger partial charge in [-0.25, -0.2) is 18.7 Å². The topological polar surface area (TPSA) is 291 Å². The van der Waals surface area contributed by atoms with E-state index in [9.17, 15) is 54.5 Å². The average molecular weight is 616 g/mol. The quantitative estimate of drug-likeness (QED) is 0.0880. The molecule has 0 aliphatic carbocycles. The highest BCUT2D eigenvalue weighted by atomic mass is 32.1. The largest absolute Gasteiger partial charge is 0.477 e. The van der Waals surface area contributed by atoms with Gasteiger partial charge in [0.25, 0.3) is 5.79 Å². The van der Waals surface area contributed by atoms with Crippen LogP contribution in [-0.2, 0) is 32.7 Å². The molecule has 3 rings (SSSR count). The number of aromatic nitrogens is 2. The lowest BCUT2D eigenvalue weighted by molar-refractivity contribution is -0.299. The number of carbonyl (C=O) groups excluding carboxylic acids is 1. The standard InChI is InChI=1S/C20H30N3O15PS/c1-7-13(28)17(35-16(7)23-3-2-11(21)22-19(23)32)37-39(33,34)38-20(18(30)31)5-9(25)8(4-12(27)40)15(36-20)14(29)10(26)6-24/h2-3,7-10,13-17,24-26,28-29H,4-6H2,1H3,(H,27,40)(H,30,31)(H,33,34)(H2,21,22,32). The maximum atomic E-state index is 13.0.